The second-order valence-electron chi connectivity index (χ2n) is 4.93. The van der Waals surface area contributed by atoms with Gasteiger partial charge in [-0.1, -0.05) is 13.0 Å². The summed E-state index contributed by atoms with van der Waals surface area (Å²) in [6, 6.07) is 5.79. The number of esters is 1. The van der Waals surface area contributed by atoms with Crippen LogP contribution in [0.4, 0.5) is 0 Å². The fourth-order valence-corrected chi connectivity index (χ4v) is 1.80. The van der Waals surface area contributed by atoms with Crippen molar-refractivity contribution in [2.75, 3.05) is 27.4 Å². The van der Waals surface area contributed by atoms with Crippen molar-refractivity contribution in [3.8, 4) is 11.5 Å². The Bertz CT molecular complexity index is 475. The van der Waals surface area contributed by atoms with Crippen molar-refractivity contribution in [1.82, 2.24) is 5.32 Å². The lowest BCUT2D eigenvalue weighted by atomic mass is 10.0. The van der Waals surface area contributed by atoms with Crippen LogP contribution < -0.4 is 14.8 Å². The molecule has 21 heavy (non-hydrogen) atoms. The van der Waals surface area contributed by atoms with Gasteiger partial charge in [0.05, 0.1) is 13.7 Å². The van der Waals surface area contributed by atoms with E-state index in [9.17, 15) is 4.79 Å². The van der Waals surface area contributed by atoms with Crippen LogP contribution in [-0.4, -0.2) is 38.9 Å². The molecule has 5 nitrogen and oxygen atoms in total. The molecule has 0 aliphatic carbocycles. The number of hydrogen-bond acceptors (Lipinski definition) is 5. The van der Waals surface area contributed by atoms with Crippen molar-refractivity contribution in [1.29, 1.82) is 0 Å². The average molecular weight is 295 g/mol. The molecular formula is C16H25NO4. The Morgan fingerprint density at radius 2 is 2.00 bits per heavy atom. The summed E-state index contributed by atoms with van der Waals surface area (Å²) in [6.45, 7) is 6.10. The van der Waals surface area contributed by atoms with Crippen LogP contribution in [0.25, 0.3) is 0 Å². The van der Waals surface area contributed by atoms with E-state index in [1.165, 1.54) is 5.56 Å². The molecule has 0 saturated heterocycles. The predicted molar refractivity (Wildman–Crippen MR) is 82.0 cm³/mol. The molecule has 118 valence electrons. The Morgan fingerprint density at radius 3 is 2.52 bits per heavy atom. The zero-order valence-electron chi connectivity index (χ0n) is 13.5. The molecule has 0 aliphatic rings. The van der Waals surface area contributed by atoms with E-state index in [0.29, 0.717) is 18.1 Å². The molecule has 1 aromatic rings. The van der Waals surface area contributed by atoms with Crippen LogP contribution in [0.15, 0.2) is 18.2 Å². The topological polar surface area (TPSA) is 56.8 Å². The van der Waals surface area contributed by atoms with Crippen LogP contribution in [0.1, 0.15) is 26.3 Å². The maximum absolute atomic E-state index is 12.0. The Kier molecular flexibility index (Phi) is 6.49. The second-order valence-corrected chi connectivity index (χ2v) is 4.93. The predicted octanol–water partition coefficient (Wildman–Crippen LogP) is 2.18. The lowest BCUT2D eigenvalue weighted by Crippen LogP contribution is -2.53. The smallest absolute Gasteiger partial charge is 0.329 e. The van der Waals surface area contributed by atoms with Crippen molar-refractivity contribution in [2.24, 2.45) is 0 Å². The fourth-order valence-electron chi connectivity index (χ4n) is 1.80. The summed E-state index contributed by atoms with van der Waals surface area (Å²) in [4.78, 5) is 12.0. The van der Waals surface area contributed by atoms with Gasteiger partial charge in [0.15, 0.2) is 11.5 Å². The SMILES string of the molecule is CCOC(=O)C(C)(COc1ccc(CC)cc1OC)NC. The van der Waals surface area contributed by atoms with Crippen LogP contribution in [0.3, 0.4) is 0 Å². The summed E-state index contributed by atoms with van der Waals surface area (Å²) in [5.74, 6) is 0.939. The Morgan fingerprint density at radius 1 is 1.29 bits per heavy atom. The summed E-state index contributed by atoms with van der Waals surface area (Å²) >= 11 is 0. The fraction of sp³-hybridized carbons (Fsp3) is 0.562. The molecule has 0 amide bonds. The van der Waals surface area contributed by atoms with Crippen molar-refractivity contribution < 1.29 is 19.0 Å². The molecule has 0 saturated carbocycles. The lowest BCUT2D eigenvalue weighted by molar-refractivity contribution is -0.151. The molecule has 0 aliphatic heterocycles. The standard InChI is InChI=1S/C16H25NO4/c1-6-12-8-9-13(14(10-12)19-5)21-11-16(3,17-4)15(18)20-7-2/h8-10,17H,6-7,11H2,1-5H3. The van der Waals surface area contributed by atoms with Gasteiger partial charge < -0.3 is 19.5 Å². The van der Waals surface area contributed by atoms with Gasteiger partial charge in [-0.15, -0.1) is 0 Å². The summed E-state index contributed by atoms with van der Waals surface area (Å²) in [5.41, 5.74) is 0.269. The van der Waals surface area contributed by atoms with Crippen molar-refractivity contribution in [3.63, 3.8) is 0 Å². The molecule has 1 aromatic carbocycles. The van der Waals surface area contributed by atoms with Gasteiger partial charge >= 0.3 is 5.97 Å². The molecule has 1 N–H and O–H groups in total. The first-order valence-corrected chi connectivity index (χ1v) is 7.16. The number of aryl methyl sites for hydroxylation is 1. The van der Waals surface area contributed by atoms with Crippen LogP contribution in [-0.2, 0) is 16.0 Å². The number of methoxy groups -OCH3 is 1. The molecule has 0 aromatic heterocycles. The van der Waals surface area contributed by atoms with Crippen molar-refractivity contribution in [3.05, 3.63) is 23.8 Å². The monoisotopic (exact) mass is 295 g/mol. The molecule has 1 atom stereocenters. The van der Waals surface area contributed by atoms with E-state index in [-0.39, 0.29) is 12.6 Å². The molecule has 0 spiro atoms. The van der Waals surface area contributed by atoms with Gasteiger partial charge in [-0.25, -0.2) is 4.79 Å². The molecule has 0 fully saturated rings. The van der Waals surface area contributed by atoms with E-state index in [4.69, 9.17) is 14.2 Å². The molecule has 0 radical (unpaired) electrons. The minimum Gasteiger partial charge on any atom is -0.493 e. The largest absolute Gasteiger partial charge is 0.493 e. The third-order valence-corrected chi connectivity index (χ3v) is 3.43. The number of likely N-dealkylation sites (N-methyl/N-ethyl adjacent to an activating group) is 1. The van der Waals surface area contributed by atoms with E-state index < -0.39 is 5.54 Å². The number of rotatable bonds is 8. The third-order valence-electron chi connectivity index (χ3n) is 3.43. The van der Waals surface area contributed by atoms with Gasteiger partial charge in [-0.05, 0) is 45.0 Å². The Balaban J connectivity index is 2.83. The van der Waals surface area contributed by atoms with Crippen molar-refractivity contribution >= 4 is 5.97 Å². The van der Waals surface area contributed by atoms with Crippen LogP contribution in [0.5, 0.6) is 11.5 Å². The molecular weight excluding hydrogens is 270 g/mol. The zero-order valence-corrected chi connectivity index (χ0v) is 13.5. The van der Waals surface area contributed by atoms with Gasteiger partial charge in [0.2, 0.25) is 0 Å². The minimum atomic E-state index is -0.898. The zero-order chi connectivity index (χ0) is 15.9. The quantitative estimate of drug-likeness (QED) is 0.745. The number of hydrogen-bond donors (Lipinski definition) is 1. The van der Waals surface area contributed by atoms with E-state index in [2.05, 4.69) is 12.2 Å². The summed E-state index contributed by atoms with van der Waals surface area (Å²) in [6.07, 6.45) is 0.924. The lowest BCUT2D eigenvalue weighted by Gasteiger charge is -2.27. The second kappa shape index (κ2) is 7.88. The number of benzene rings is 1. The minimum absolute atomic E-state index is 0.157. The number of ether oxygens (including phenoxy) is 3. The maximum Gasteiger partial charge on any atom is 0.329 e. The molecule has 1 unspecified atom stereocenters. The van der Waals surface area contributed by atoms with Crippen LogP contribution >= 0.6 is 0 Å². The first kappa shape index (κ1) is 17.3. The third kappa shape index (κ3) is 4.36. The number of carbonyl (C=O) groups is 1. The van der Waals surface area contributed by atoms with E-state index >= 15 is 0 Å². The highest BCUT2D eigenvalue weighted by atomic mass is 16.5. The van der Waals surface area contributed by atoms with Gasteiger partial charge in [0.1, 0.15) is 12.1 Å². The molecule has 0 heterocycles. The normalized spacial score (nSPS) is 13.4. The Hall–Kier alpha value is -1.75. The van der Waals surface area contributed by atoms with Crippen molar-refractivity contribution in [2.45, 2.75) is 32.7 Å². The summed E-state index contributed by atoms with van der Waals surface area (Å²) < 4.78 is 16.2. The van der Waals surface area contributed by atoms with E-state index in [1.54, 1.807) is 28.0 Å². The van der Waals surface area contributed by atoms with Gasteiger partial charge in [0.25, 0.3) is 0 Å². The molecule has 5 heteroatoms. The van der Waals surface area contributed by atoms with Gasteiger partial charge in [-0.3, -0.25) is 0 Å². The first-order chi connectivity index (χ1) is 10.0. The summed E-state index contributed by atoms with van der Waals surface area (Å²) in [7, 11) is 3.31. The van der Waals surface area contributed by atoms with Gasteiger partial charge in [0, 0.05) is 0 Å². The summed E-state index contributed by atoms with van der Waals surface area (Å²) in [5, 5.41) is 2.95. The van der Waals surface area contributed by atoms with E-state index in [0.717, 1.165) is 6.42 Å². The number of carbonyl (C=O) groups excluding carboxylic acids is 1. The number of nitrogens with one attached hydrogen (secondary N) is 1. The highest BCUT2D eigenvalue weighted by molar-refractivity contribution is 5.80. The first-order valence-electron chi connectivity index (χ1n) is 7.16. The maximum atomic E-state index is 12.0. The van der Waals surface area contributed by atoms with Crippen LogP contribution in [0.2, 0.25) is 0 Å². The highest BCUT2D eigenvalue weighted by Gasteiger charge is 2.34. The highest BCUT2D eigenvalue weighted by Crippen LogP contribution is 2.29. The van der Waals surface area contributed by atoms with Crippen LogP contribution in [0, 0.1) is 0 Å². The molecule has 0 bridgehead atoms. The molecule has 1 rings (SSSR count). The average Bonchev–Trinajstić information content (AvgIpc) is 2.52. The Labute approximate surface area is 126 Å². The van der Waals surface area contributed by atoms with E-state index in [1.807, 2.05) is 18.2 Å². The van der Waals surface area contributed by atoms with Gasteiger partial charge in [-0.2, -0.15) is 0 Å².